The predicted octanol–water partition coefficient (Wildman–Crippen LogP) is 3.53. The lowest BCUT2D eigenvalue weighted by atomic mass is 9.98. The Labute approximate surface area is 196 Å². The van der Waals surface area contributed by atoms with Gasteiger partial charge in [-0.05, 0) is 43.0 Å². The number of halogens is 2. The standard InChI is InChI=1S/C22H22Cl2N2O5S/c23-17-5-3-6-18(24)21(17)32(29,30)25-11-8-16(9-12-25)22(28)31-14-20(27)26-13-10-15-4-1-2-7-19(15)26/h1-7,16H,8-14H2. The summed E-state index contributed by atoms with van der Waals surface area (Å²) >= 11 is 12.1. The fourth-order valence-electron chi connectivity index (χ4n) is 4.12. The second-order valence-electron chi connectivity index (χ2n) is 7.76. The summed E-state index contributed by atoms with van der Waals surface area (Å²) in [5.74, 6) is -1.22. The van der Waals surface area contributed by atoms with Gasteiger partial charge in [-0.3, -0.25) is 9.59 Å². The summed E-state index contributed by atoms with van der Waals surface area (Å²) in [5, 5.41) is 0.113. The minimum Gasteiger partial charge on any atom is -0.455 e. The molecule has 10 heteroatoms. The summed E-state index contributed by atoms with van der Waals surface area (Å²) in [5.41, 5.74) is 1.95. The molecule has 0 radical (unpaired) electrons. The first-order chi connectivity index (χ1) is 15.3. The highest BCUT2D eigenvalue weighted by Gasteiger charge is 2.35. The third kappa shape index (κ3) is 4.50. The largest absolute Gasteiger partial charge is 0.455 e. The first-order valence-electron chi connectivity index (χ1n) is 10.3. The summed E-state index contributed by atoms with van der Waals surface area (Å²) in [7, 11) is -3.88. The van der Waals surface area contributed by atoms with Crippen LogP contribution in [0.3, 0.4) is 0 Å². The number of ether oxygens (including phenoxy) is 1. The van der Waals surface area contributed by atoms with E-state index >= 15 is 0 Å². The molecule has 1 saturated heterocycles. The molecule has 32 heavy (non-hydrogen) atoms. The Morgan fingerprint density at radius 1 is 0.969 bits per heavy atom. The van der Waals surface area contributed by atoms with Crippen LogP contribution in [0.4, 0.5) is 5.69 Å². The van der Waals surface area contributed by atoms with Crippen molar-refractivity contribution in [1.29, 1.82) is 0 Å². The monoisotopic (exact) mass is 496 g/mol. The van der Waals surface area contributed by atoms with Crippen LogP contribution < -0.4 is 4.90 Å². The number of hydrogen-bond donors (Lipinski definition) is 0. The number of carbonyl (C=O) groups is 2. The van der Waals surface area contributed by atoms with E-state index in [1.807, 2.05) is 24.3 Å². The molecule has 2 aromatic rings. The molecule has 2 aliphatic rings. The number of fused-ring (bicyclic) bond motifs is 1. The maximum atomic E-state index is 13.0. The van der Waals surface area contributed by atoms with Gasteiger partial charge < -0.3 is 9.64 Å². The molecular weight excluding hydrogens is 475 g/mol. The van der Waals surface area contributed by atoms with Crippen molar-refractivity contribution in [2.24, 2.45) is 5.92 Å². The zero-order valence-corrected chi connectivity index (χ0v) is 19.5. The van der Waals surface area contributed by atoms with Gasteiger partial charge in [-0.2, -0.15) is 4.31 Å². The zero-order valence-electron chi connectivity index (χ0n) is 17.2. The summed E-state index contributed by atoms with van der Waals surface area (Å²) in [6.07, 6.45) is 1.36. The van der Waals surface area contributed by atoms with Gasteiger partial charge in [-0.1, -0.05) is 47.5 Å². The second-order valence-corrected chi connectivity index (χ2v) is 10.5. The van der Waals surface area contributed by atoms with Crippen LogP contribution >= 0.6 is 23.2 Å². The van der Waals surface area contributed by atoms with E-state index in [-0.39, 0.29) is 40.5 Å². The second kappa shape index (κ2) is 9.39. The minimum absolute atomic E-state index is 0.0565. The number of hydrogen-bond acceptors (Lipinski definition) is 5. The zero-order chi connectivity index (χ0) is 22.9. The van der Waals surface area contributed by atoms with E-state index < -0.39 is 21.9 Å². The molecule has 0 aliphatic carbocycles. The average Bonchev–Trinajstić information content (AvgIpc) is 3.21. The Hall–Kier alpha value is -2.13. The van der Waals surface area contributed by atoms with Crippen molar-refractivity contribution in [3.8, 4) is 0 Å². The first kappa shape index (κ1) is 23.0. The van der Waals surface area contributed by atoms with Crippen molar-refractivity contribution in [2.75, 3.05) is 31.1 Å². The molecule has 0 aromatic heterocycles. The summed E-state index contributed by atoms with van der Waals surface area (Å²) in [4.78, 5) is 26.5. The summed E-state index contributed by atoms with van der Waals surface area (Å²) < 4.78 is 32.5. The van der Waals surface area contributed by atoms with E-state index in [4.69, 9.17) is 27.9 Å². The van der Waals surface area contributed by atoms with Crippen LogP contribution in [-0.2, 0) is 30.8 Å². The number of esters is 1. The van der Waals surface area contributed by atoms with Gasteiger partial charge in [-0.15, -0.1) is 0 Å². The van der Waals surface area contributed by atoms with Gasteiger partial charge >= 0.3 is 5.97 Å². The maximum absolute atomic E-state index is 13.0. The van der Waals surface area contributed by atoms with Crippen molar-refractivity contribution in [3.05, 3.63) is 58.1 Å². The van der Waals surface area contributed by atoms with Crippen LogP contribution in [-0.4, -0.2) is 50.8 Å². The van der Waals surface area contributed by atoms with Gasteiger partial charge in [0.1, 0.15) is 4.90 Å². The number of rotatable bonds is 5. The van der Waals surface area contributed by atoms with Crippen LogP contribution in [0.25, 0.3) is 0 Å². The Morgan fingerprint density at radius 3 is 2.31 bits per heavy atom. The maximum Gasteiger partial charge on any atom is 0.309 e. The highest BCUT2D eigenvalue weighted by molar-refractivity contribution is 7.89. The number of nitrogens with zero attached hydrogens (tertiary/aromatic N) is 2. The lowest BCUT2D eigenvalue weighted by Crippen LogP contribution is -2.41. The molecule has 2 aliphatic heterocycles. The van der Waals surface area contributed by atoms with Crippen molar-refractivity contribution < 1.29 is 22.7 Å². The van der Waals surface area contributed by atoms with Crippen molar-refractivity contribution >= 4 is 50.8 Å². The van der Waals surface area contributed by atoms with Crippen molar-refractivity contribution in [3.63, 3.8) is 0 Å². The van der Waals surface area contributed by atoms with Crippen LogP contribution in [0.5, 0.6) is 0 Å². The fourth-order valence-corrected chi connectivity index (χ4v) is 6.68. The van der Waals surface area contributed by atoms with Crippen molar-refractivity contribution in [1.82, 2.24) is 4.31 Å². The SMILES string of the molecule is O=C(OCC(=O)N1CCc2ccccc21)C1CCN(S(=O)(=O)c2c(Cl)cccc2Cl)CC1. The molecule has 170 valence electrons. The molecule has 0 bridgehead atoms. The molecule has 1 fully saturated rings. The fraction of sp³-hybridized carbons (Fsp3) is 0.364. The topological polar surface area (TPSA) is 84.0 Å². The predicted molar refractivity (Wildman–Crippen MR) is 121 cm³/mol. The molecule has 0 N–H and O–H groups in total. The van der Waals surface area contributed by atoms with E-state index in [2.05, 4.69) is 0 Å². The third-order valence-electron chi connectivity index (χ3n) is 5.83. The normalized spacial score (nSPS) is 17.2. The average molecular weight is 497 g/mol. The molecule has 1 amide bonds. The van der Waals surface area contributed by atoms with Gasteiger partial charge in [0.05, 0.1) is 16.0 Å². The lowest BCUT2D eigenvalue weighted by molar-refractivity contribution is -0.153. The minimum atomic E-state index is -3.88. The van der Waals surface area contributed by atoms with E-state index in [9.17, 15) is 18.0 Å². The number of carbonyl (C=O) groups excluding carboxylic acids is 2. The lowest BCUT2D eigenvalue weighted by Gasteiger charge is -2.30. The molecule has 2 heterocycles. The molecule has 7 nitrogen and oxygen atoms in total. The quantitative estimate of drug-likeness (QED) is 0.591. The first-order valence-corrected chi connectivity index (χ1v) is 12.5. The highest BCUT2D eigenvalue weighted by atomic mass is 35.5. The number of amides is 1. The van der Waals surface area contributed by atoms with Crippen LogP contribution in [0.15, 0.2) is 47.4 Å². The van der Waals surface area contributed by atoms with Gasteiger partial charge in [0.2, 0.25) is 10.0 Å². The third-order valence-corrected chi connectivity index (χ3v) is 8.68. The van der Waals surface area contributed by atoms with Crippen molar-refractivity contribution in [2.45, 2.75) is 24.2 Å². The number of benzene rings is 2. The van der Waals surface area contributed by atoms with E-state index in [0.717, 1.165) is 17.7 Å². The van der Waals surface area contributed by atoms with Gasteiger partial charge in [0.15, 0.2) is 6.61 Å². The highest BCUT2D eigenvalue weighted by Crippen LogP contribution is 2.33. The number of para-hydroxylation sites is 1. The molecule has 0 saturated carbocycles. The molecule has 0 atom stereocenters. The Kier molecular flexibility index (Phi) is 6.76. The Balaban J connectivity index is 1.32. The van der Waals surface area contributed by atoms with E-state index in [1.165, 1.54) is 16.4 Å². The van der Waals surface area contributed by atoms with Gasteiger partial charge in [-0.25, -0.2) is 8.42 Å². The van der Waals surface area contributed by atoms with Crippen LogP contribution in [0, 0.1) is 5.92 Å². The van der Waals surface area contributed by atoms with Crippen LogP contribution in [0.1, 0.15) is 18.4 Å². The van der Waals surface area contributed by atoms with Gasteiger partial charge in [0, 0.05) is 25.3 Å². The summed E-state index contributed by atoms with van der Waals surface area (Å²) in [6.45, 7) is 0.506. The Morgan fingerprint density at radius 2 is 1.62 bits per heavy atom. The Bertz CT molecular complexity index is 1130. The molecular formula is C22H22Cl2N2O5S. The molecule has 4 rings (SSSR count). The number of anilines is 1. The summed E-state index contributed by atoms with van der Waals surface area (Å²) in [6, 6.07) is 12.2. The number of piperidine rings is 1. The molecule has 0 unspecified atom stereocenters. The molecule has 0 spiro atoms. The van der Waals surface area contributed by atoms with E-state index in [1.54, 1.807) is 11.0 Å². The van der Waals surface area contributed by atoms with Gasteiger partial charge in [0.25, 0.3) is 5.91 Å². The van der Waals surface area contributed by atoms with Crippen LogP contribution in [0.2, 0.25) is 10.0 Å². The number of sulfonamides is 1. The molecule has 2 aromatic carbocycles. The smallest absolute Gasteiger partial charge is 0.309 e. The van der Waals surface area contributed by atoms with E-state index in [0.29, 0.717) is 19.4 Å².